The number of amides is 1. The lowest BCUT2D eigenvalue weighted by molar-refractivity contribution is -0.129. The zero-order valence-electron chi connectivity index (χ0n) is 22.7. The molecule has 9 nitrogen and oxygen atoms in total. The average Bonchev–Trinajstić information content (AvgIpc) is 3.54. The van der Waals surface area contributed by atoms with Crippen LogP contribution in [0, 0.1) is 0 Å². The third-order valence-electron chi connectivity index (χ3n) is 8.27. The number of hydrogen-bond acceptors (Lipinski definition) is 6. The first kappa shape index (κ1) is 25.9. The standard InChI is InChI=1S/C28H36F2N8O/c1-19(39)36-9-5-25-24(18-36)28(33-38(25)13-12-35-10-6-31-7-11-35)37-8-3-4-20-14-22(21-16-32-34(2)17-21)23(27(29)30)15-26(20)37/h14-17,27,31H,3-13,18H2,1-2H3. The second-order valence-corrected chi connectivity index (χ2v) is 10.8. The molecule has 1 amide bonds. The number of carbonyl (C=O) groups excluding carboxylic acids is 1. The van der Waals surface area contributed by atoms with Crippen molar-refractivity contribution >= 4 is 17.4 Å². The topological polar surface area (TPSA) is 74.5 Å². The zero-order chi connectivity index (χ0) is 27.1. The second kappa shape index (κ2) is 10.7. The number of aryl methyl sites for hydroxylation is 2. The Kier molecular flexibility index (Phi) is 7.11. The Morgan fingerprint density at radius 3 is 2.64 bits per heavy atom. The van der Waals surface area contributed by atoms with Gasteiger partial charge < -0.3 is 15.1 Å². The van der Waals surface area contributed by atoms with Crippen LogP contribution in [0.5, 0.6) is 0 Å². The fraction of sp³-hybridized carbons (Fsp3) is 0.536. The zero-order valence-corrected chi connectivity index (χ0v) is 22.7. The predicted molar refractivity (Wildman–Crippen MR) is 145 cm³/mol. The Hall–Kier alpha value is -3.31. The largest absolute Gasteiger partial charge is 0.338 e. The Balaban J connectivity index is 1.39. The summed E-state index contributed by atoms with van der Waals surface area (Å²) in [5, 5.41) is 12.7. The van der Waals surface area contributed by atoms with Gasteiger partial charge in [-0.05, 0) is 36.1 Å². The van der Waals surface area contributed by atoms with Crippen LogP contribution in [0.2, 0.25) is 0 Å². The van der Waals surface area contributed by atoms with Crippen molar-refractivity contribution < 1.29 is 13.6 Å². The number of halogens is 2. The maximum Gasteiger partial charge on any atom is 0.264 e. The van der Waals surface area contributed by atoms with Crippen LogP contribution >= 0.6 is 0 Å². The lowest BCUT2D eigenvalue weighted by Gasteiger charge is -2.33. The van der Waals surface area contributed by atoms with E-state index in [-0.39, 0.29) is 11.5 Å². The minimum absolute atomic E-state index is 0.00557. The van der Waals surface area contributed by atoms with Crippen molar-refractivity contribution in [2.24, 2.45) is 7.05 Å². The number of alkyl halides is 2. The van der Waals surface area contributed by atoms with Gasteiger partial charge in [0.15, 0.2) is 5.82 Å². The molecule has 3 aromatic rings. The Morgan fingerprint density at radius 1 is 1.10 bits per heavy atom. The number of benzene rings is 1. The second-order valence-electron chi connectivity index (χ2n) is 10.8. The van der Waals surface area contributed by atoms with Gasteiger partial charge >= 0.3 is 0 Å². The maximum absolute atomic E-state index is 14.4. The summed E-state index contributed by atoms with van der Waals surface area (Å²) in [5.41, 5.74) is 5.26. The molecule has 2 aromatic heterocycles. The van der Waals surface area contributed by atoms with Gasteiger partial charge in [0.25, 0.3) is 6.43 Å². The van der Waals surface area contributed by atoms with Crippen LogP contribution < -0.4 is 10.2 Å². The molecule has 11 heteroatoms. The van der Waals surface area contributed by atoms with Crippen LogP contribution in [-0.2, 0) is 37.8 Å². The van der Waals surface area contributed by atoms with E-state index in [1.54, 1.807) is 37.1 Å². The van der Waals surface area contributed by atoms with E-state index in [1.165, 1.54) is 0 Å². The van der Waals surface area contributed by atoms with Crippen LogP contribution in [0.25, 0.3) is 11.1 Å². The molecule has 0 spiro atoms. The van der Waals surface area contributed by atoms with Crippen LogP contribution in [0.4, 0.5) is 20.3 Å². The van der Waals surface area contributed by atoms with E-state index < -0.39 is 6.43 Å². The number of nitrogens with one attached hydrogen (secondary N) is 1. The first-order valence-corrected chi connectivity index (χ1v) is 13.9. The van der Waals surface area contributed by atoms with E-state index in [1.807, 2.05) is 11.0 Å². The molecule has 0 radical (unpaired) electrons. The van der Waals surface area contributed by atoms with Gasteiger partial charge in [-0.3, -0.25) is 19.1 Å². The minimum atomic E-state index is -2.62. The number of aromatic nitrogens is 4. The molecule has 208 valence electrons. The third kappa shape index (κ3) is 5.05. The van der Waals surface area contributed by atoms with Gasteiger partial charge in [0, 0.05) is 100 Å². The van der Waals surface area contributed by atoms with Gasteiger partial charge in [-0.15, -0.1) is 0 Å². The average molecular weight is 539 g/mol. The summed E-state index contributed by atoms with van der Waals surface area (Å²) in [4.78, 5) is 18.7. The Labute approximate surface area is 227 Å². The van der Waals surface area contributed by atoms with E-state index in [4.69, 9.17) is 5.10 Å². The van der Waals surface area contributed by atoms with Crippen molar-refractivity contribution in [2.75, 3.05) is 50.7 Å². The van der Waals surface area contributed by atoms with E-state index in [9.17, 15) is 13.6 Å². The molecule has 0 bridgehead atoms. The quantitative estimate of drug-likeness (QED) is 0.520. The highest BCUT2D eigenvalue weighted by molar-refractivity contribution is 5.78. The van der Waals surface area contributed by atoms with Gasteiger partial charge in [-0.2, -0.15) is 10.2 Å². The van der Waals surface area contributed by atoms with Gasteiger partial charge in [0.05, 0.1) is 19.3 Å². The molecule has 0 unspecified atom stereocenters. The number of carbonyl (C=O) groups is 1. The van der Waals surface area contributed by atoms with Gasteiger partial charge in [-0.25, -0.2) is 8.78 Å². The highest BCUT2D eigenvalue weighted by atomic mass is 19.3. The smallest absolute Gasteiger partial charge is 0.264 e. The number of fused-ring (bicyclic) bond motifs is 2. The summed E-state index contributed by atoms with van der Waals surface area (Å²) in [6.45, 7) is 9.16. The summed E-state index contributed by atoms with van der Waals surface area (Å²) >= 11 is 0. The number of rotatable bonds is 6. The molecule has 0 atom stereocenters. The third-order valence-corrected chi connectivity index (χ3v) is 8.27. The fourth-order valence-electron chi connectivity index (χ4n) is 6.17. The number of hydrogen-bond donors (Lipinski definition) is 1. The van der Waals surface area contributed by atoms with Crippen LogP contribution in [-0.4, -0.2) is 81.1 Å². The molecule has 1 N–H and O–H groups in total. The van der Waals surface area contributed by atoms with Crippen LogP contribution in [0.15, 0.2) is 24.5 Å². The summed E-state index contributed by atoms with van der Waals surface area (Å²) in [6.07, 6.45) is 3.25. The molecular weight excluding hydrogens is 502 g/mol. The molecule has 39 heavy (non-hydrogen) atoms. The minimum Gasteiger partial charge on any atom is -0.338 e. The highest BCUT2D eigenvalue weighted by Gasteiger charge is 2.32. The molecule has 0 aliphatic carbocycles. The molecule has 3 aliphatic heterocycles. The van der Waals surface area contributed by atoms with Crippen molar-refractivity contribution in [3.8, 4) is 11.1 Å². The van der Waals surface area contributed by atoms with E-state index in [0.29, 0.717) is 30.8 Å². The van der Waals surface area contributed by atoms with Gasteiger partial charge in [0.1, 0.15) is 0 Å². The maximum atomic E-state index is 14.4. The number of piperazine rings is 1. The normalized spacial score (nSPS) is 18.0. The molecule has 3 aliphatic rings. The fourth-order valence-corrected chi connectivity index (χ4v) is 6.17. The number of nitrogens with zero attached hydrogens (tertiary/aromatic N) is 7. The van der Waals surface area contributed by atoms with Crippen molar-refractivity contribution in [1.82, 2.24) is 34.7 Å². The van der Waals surface area contributed by atoms with Crippen molar-refractivity contribution in [2.45, 2.75) is 45.7 Å². The molecule has 0 saturated carbocycles. The SMILES string of the molecule is CC(=O)N1CCc2c(c(N3CCCc4cc(-c5cnn(C)c5)c(C(F)F)cc43)nn2CCN2CCNCC2)C1. The lowest BCUT2D eigenvalue weighted by Crippen LogP contribution is -2.44. The first-order valence-electron chi connectivity index (χ1n) is 13.9. The first-order chi connectivity index (χ1) is 18.9. The van der Waals surface area contributed by atoms with Crippen molar-refractivity contribution in [3.05, 3.63) is 46.9 Å². The molecule has 5 heterocycles. The molecule has 1 aromatic carbocycles. The molecule has 1 saturated heterocycles. The predicted octanol–water partition coefficient (Wildman–Crippen LogP) is 3.12. The molecule has 1 fully saturated rings. The number of anilines is 2. The highest BCUT2D eigenvalue weighted by Crippen LogP contribution is 2.42. The van der Waals surface area contributed by atoms with E-state index >= 15 is 0 Å². The van der Waals surface area contributed by atoms with Crippen molar-refractivity contribution in [3.63, 3.8) is 0 Å². The molecule has 6 rings (SSSR count). The Morgan fingerprint density at radius 2 is 1.92 bits per heavy atom. The summed E-state index contributed by atoms with van der Waals surface area (Å²) in [6, 6.07) is 3.56. The van der Waals surface area contributed by atoms with E-state index in [2.05, 4.69) is 24.9 Å². The summed E-state index contributed by atoms with van der Waals surface area (Å²) in [7, 11) is 1.79. The monoisotopic (exact) mass is 538 g/mol. The van der Waals surface area contributed by atoms with E-state index in [0.717, 1.165) is 86.9 Å². The van der Waals surface area contributed by atoms with Gasteiger partial charge in [0.2, 0.25) is 5.91 Å². The van der Waals surface area contributed by atoms with Gasteiger partial charge in [-0.1, -0.05) is 0 Å². The summed E-state index contributed by atoms with van der Waals surface area (Å²) in [5.74, 6) is 0.840. The van der Waals surface area contributed by atoms with Crippen LogP contribution in [0.3, 0.4) is 0 Å². The summed E-state index contributed by atoms with van der Waals surface area (Å²) < 4.78 is 32.5. The lowest BCUT2D eigenvalue weighted by atomic mass is 9.92. The van der Waals surface area contributed by atoms with Crippen molar-refractivity contribution in [1.29, 1.82) is 0 Å². The van der Waals surface area contributed by atoms with Crippen LogP contribution in [0.1, 0.15) is 42.2 Å². The Bertz CT molecular complexity index is 1360. The molecular formula is C28H36F2N8O.